The van der Waals surface area contributed by atoms with Crippen LogP contribution in [0.5, 0.6) is 0 Å². The van der Waals surface area contributed by atoms with Crippen LogP contribution in [0.4, 0.5) is 8.78 Å². The number of β-amino-alcohol motifs (C(OH)–C–C–N with tert-alkyl or cyclic N) is 1. The summed E-state index contributed by atoms with van der Waals surface area (Å²) in [5, 5.41) is 9.71. The minimum Gasteiger partial charge on any atom is -0.391 e. The molecule has 0 spiro atoms. The number of hydrogen-bond acceptors (Lipinski definition) is 4. The van der Waals surface area contributed by atoms with E-state index in [1.807, 2.05) is 19.0 Å². The molecule has 1 aromatic rings. The Hall–Kier alpha value is -1.60. The Morgan fingerprint density at radius 2 is 2.25 bits per heavy atom. The zero-order valence-corrected chi connectivity index (χ0v) is 11.4. The second-order valence-electron chi connectivity index (χ2n) is 5.23. The number of nitrogens with zero attached hydrogens (tertiary/aromatic N) is 3. The van der Waals surface area contributed by atoms with Gasteiger partial charge in [0.15, 0.2) is 5.82 Å². The van der Waals surface area contributed by atoms with Crippen LogP contribution in [0.25, 0.3) is 0 Å². The predicted molar refractivity (Wildman–Crippen MR) is 68.2 cm³/mol. The highest BCUT2D eigenvalue weighted by atomic mass is 19.2. The maximum absolute atomic E-state index is 13.6. The number of hydrogen-bond donors (Lipinski definition) is 1. The van der Waals surface area contributed by atoms with E-state index in [9.17, 15) is 18.7 Å². The molecule has 1 aliphatic heterocycles. The van der Waals surface area contributed by atoms with E-state index in [2.05, 4.69) is 4.98 Å². The number of aliphatic hydroxyl groups excluding tert-OH is 1. The zero-order valence-electron chi connectivity index (χ0n) is 11.4. The fourth-order valence-electron chi connectivity index (χ4n) is 2.47. The van der Waals surface area contributed by atoms with Crippen molar-refractivity contribution in [1.82, 2.24) is 14.8 Å². The van der Waals surface area contributed by atoms with Gasteiger partial charge in [-0.3, -0.25) is 4.79 Å². The summed E-state index contributed by atoms with van der Waals surface area (Å²) in [5.41, 5.74) is -0.352. The standard InChI is InChI=1S/C13H17F2N3O2/c1-17(2)6-8-5-9(19)7-18(8)13(20)10-3-4-16-12(15)11(10)14/h3-4,8-9,19H,5-7H2,1-2H3. The Kier molecular flexibility index (Phi) is 4.29. The quantitative estimate of drug-likeness (QED) is 0.822. The maximum Gasteiger partial charge on any atom is 0.257 e. The van der Waals surface area contributed by atoms with Gasteiger partial charge in [-0.25, -0.2) is 9.37 Å². The number of amides is 1. The first-order valence-electron chi connectivity index (χ1n) is 6.34. The van der Waals surface area contributed by atoms with Gasteiger partial charge in [-0.15, -0.1) is 0 Å². The summed E-state index contributed by atoms with van der Waals surface area (Å²) in [5.74, 6) is -3.16. The van der Waals surface area contributed by atoms with Crippen LogP contribution in [-0.2, 0) is 0 Å². The van der Waals surface area contributed by atoms with Gasteiger partial charge in [0.25, 0.3) is 5.91 Å². The highest BCUT2D eigenvalue weighted by Crippen LogP contribution is 2.22. The van der Waals surface area contributed by atoms with Crippen molar-refractivity contribution in [2.24, 2.45) is 0 Å². The number of likely N-dealkylation sites (tertiary alicyclic amines) is 1. The molecule has 0 bridgehead atoms. The molecule has 1 aromatic heterocycles. The number of likely N-dealkylation sites (N-methyl/N-ethyl adjacent to an activating group) is 1. The minimum atomic E-state index is -1.29. The van der Waals surface area contributed by atoms with Crippen LogP contribution < -0.4 is 0 Å². The molecule has 110 valence electrons. The van der Waals surface area contributed by atoms with Gasteiger partial charge in [0, 0.05) is 25.3 Å². The second-order valence-corrected chi connectivity index (χ2v) is 5.23. The van der Waals surface area contributed by atoms with Gasteiger partial charge in [0.05, 0.1) is 11.7 Å². The fourth-order valence-corrected chi connectivity index (χ4v) is 2.47. The van der Waals surface area contributed by atoms with Crippen LogP contribution in [0.3, 0.4) is 0 Å². The summed E-state index contributed by atoms with van der Waals surface area (Å²) >= 11 is 0. The van der Waals surface area contributed by atoms with Gasteiger partial charge in [-0.1, -0.05) is 0 Å². The second kappa shape index (κ2) is 5.80. The Morgan fingerprint density at radius 1 is 1.55 bits per heavy atom. The van der Waals surface area contributed by atoms with Gasteiger partial charge < -0.3 is 14.9 Å². The van der Waals surface area contributed by atoms with Crippen LogP contribution >= 0.6 is 0 Å². The number of rotatable bonds is 3. The number of halogens is 2. The Morgan fingerprint density at radius 3 is 2.90 bits per heavy atom. The average Bonchev–Trinajstić information content (AvgIpc) is 2.72. The largest absolute Gasteiger partial charge is 0.391 e. The molecule has 5 nitrogen and oxygen atoms in total. The van der Waals surface area contributed by atoms with E-state index in [0.717, 1.165) is 12.3 Å². The average molecular weight is 285 g/mol. The molecule has 0 radical (unpaired) electrons. The van der Waals surface area contributed by atoms with Crippen molar-refractivity contribution in [3.8, 4) is 0 Å². The number of aromatic nitrogens is 1. The first kappa shape index (κ1) is 14.8. The SMILES string of the molecule is CN(C)CC1CC(O)CN1C(=O)c1ccnc(F)c1F. The molecule has 0 aromatic carbocycles. The summed E-state index contributed by atoms with van der Waals surface area (Å²) in [6.45, 7) is 0.679. The molecular weight excluding hydrogens is 268 g/mol. The monoisotopic (exact) mass is 285 g/mol. The molecule has 2 rings (SSSR count). The highest BCUT2D eigenvalue weighted by molar-refractivity contribution is 5.94. The highest BCUT2D eigenvalue weighted by Gasteiger charge is 2.36. The topological polar surface area (TPSA) is 56.7 Å². The lowest BCUT2D eigenvalue weighted by atomic mass is 10.1. The van der Waals surface area contributed by atoms with E-state index in [0.29, 0.717) is 13.0 Å². The Labute approximate surface area is 115 Å². The lowest BCUT2D eigenvalue weighted by Crippen LogP contribution is -2.41. The van der Waals surface area contributed by atoms with Gasteiger partial charge in [0.2, 0.25) is 5.95 Å². The maximum atomic E-state index is 13.6. The fraction of sp³-hybridized carbons (Fsp3) is 0.538. The van der Waals surface area contributed by atoms with E-state index in [1.165, 1.54) is 4.90 Å². The third-order valence-electron chi connectivity index (χ3n) is 3.31. The van der Waals surface area contributed by atoms with Gasteiger partial charge in [0.1, 0.15) is 0 Å². The van der Waals surface area contributed by atoms with E-state index in [1.54, 1.807) is 0 Å². The van der Waals surface area contributed by atoms with Gasteiger partial charge in [-0.2, -0.15) is 4.39 Å². The van der Waals surface area contributed by atoms with Crippen molar-refractivity contribution >= 4 is 5.91 Å². The molecule has 1 fully saturated rings. The van der Waals surface area contributed by atoms with E-state index in [-0.39, 0.29) is 18.2 Å². The lowest BCUT2D eigenvalue weighted by molar-refractivity contribution is 0.0693. The lowest BCUT2D eigenvalue weighted by Gasteiger charge is -2.26. The summed E-state index contributed by atoms with van der Waals surface area (Å²) in [7, 11) is 3.69. The van der Waals surface area contributed by atoms with Crippen LogP contribution in [0.1, 0.15) is 16.8 Å². The van der Waals surface area contributed by atoms with E-state index < -0.39 is 23.8 Å². The number of pyridine rings is 1. The predicted octanol–water partition coefficient (Wildman–Crippen LogP) is 0.497. The normalized spacial score (nSPS) is 22.6. The number of carbonyl (C=O) groups is 1. The third-order valence-corrected chi connectivity index (χ3v) is 3.31. The molecule has 1 amide bonds. The Bertz CT molecular complexity index is 510. The van der Waals surface area contributed by atoms with Crippen molar-refractivity contribution < 1.29 is 18.7 Å². The van der Waals surface area contributed by atoms with Crippen molar-refractivity contribution in [3.63, 3.8) is 0 Å². The van der Waals surface area contributed by atoms with E-state index >= 15 is 0 Å². The summed E-state index contributed by atoms with van der Waals surface area (Å²) in [6, 6.07) is 0.932. The van der Waals surface area contributed by atoms with Crippen LogP contribution in [0.15, 0.2) is 12.3 Å². The molecule has 2 unspecified atom stereocenters. The molecule has 7 heteroatoms. The van der Waals surface area contributed by atoms with Crippen molar-refractivity contribution in [1.29, 1.82) is 0 Å². The molecule has 0 aliphatic carbocycles. The molecule has 2 heterocycles. The Balaban J connectivity index is 2.24. The minimum absolute atomic E-state index is 0.126. The van der Waals surface area contributed by atoms with Crippen LogP contribution in [-0.4, -0.2) is 65.1 Å². The summed E-state index contributed by atoms with van der Waals surface area (Å²) in [4.78, 5) is 18.8. The molecular formula is C13H17F2N3O2. The third kappa shape index (κ3) is 2.94. The first-order chi connectivity index (χ1) is 9.40. The number of carbonyl (C=O) groups excluding carboxylic acids is 1. The van der Waals surface area contributed by atoms with Crippen molar-refractivity contribution in [3.05, 3.63) is 29.6 Å². The van der Waals surface area contributed by atoms with Gasteiger partial charge in [-0.05, 0) is 26.6 Å². The summed E-state index contributed by atoms with van der Waals surface area (Å²) < 4.78 is 26.7. The zero-order chi connectivity index (χ0) is 14.9. The molecule has 1 N–H and O–H groups in total. The molecule has 1 saturated heterocycles. The summed E-state index contributed by atoms with van der Waals surface area (Å²) in [6.07, 6.45) is 0.844. The molecule has 20 heavy (non-hydrogen) atoms. The molecule has 0 saturated carbocycles. The van der Waals surface area contributed by atoms with E-state index in [4.69, 9.17) is 0 Å². The molecule has 1 aliphatic rings. The number of aliphatic hydroxyl groups is 1. The van der Waals surface area contributed by atoms with Crippen LogP contribution in [0.2, 0.25) is 0 Å². The van der Waals surface area contributed by atoms with Crippen molar-refractivity contribution in [2.75, 3.05) is 27.2 Å². The van der Waals surface area contributed by atoms with Crippen LogP contribution in [0, 0.1) is 11.8 Å². The first-order valence-corrected chi connectivity index (χ1v) is 6.34. The van der Waals surface area contributed by atoms with Gasteiger partial charge >= 0.3 is 0 Å². The molecule has 2 atom stereocenters. The van der Waals surface area contributed by atoms with Crippen molar-refractivity contribution in [2.45, 2.75) is 18.6 Å². The smallest absolute Gasteiger partial charge is 0.257 e.